The van der Waals surface area contributed by atoms with E-state index in [0.717, 1.165) is 51.4 Å². The van der Waals surface area contributed by atoms with Crippen molar-refractivity contribution in [1.82, 2.24) is 0 Å². The number of carbonyl (C=O) groups is 4. The molecule has 0 heterocycles. The molecule has 10 heteroatoms. The van der Waals surface area contributed by atoms with Gasteiger partial charge in [0.25, 0.3) is 0 Å². The molecule has 0 spiro atoms. The van der Waals surface area contributed by atoms with Crippen molar-refractivity contribution in [2.75, 3.05) is 0 Å². The monoisotopic (exact) mass is 808 g/mol. The van der Waals surface area contributed by atoms with Crippen molar-refractivity contribution in [3.8, 4) is 0 Å². The van der Waals surface area contributed by atoms with Crippen LogP contribution in [0.5, 0.6) is 0 Å². The first-order chi connectivity index (χ1) is 25.1. The van der Waals surface area contributed by atoms with Crippen molar-refractivity contribution in [2.45, 2.75) is 206 Å². The van der Waals surface area contributed by atoms with Crippen molar-refractivity contribution < 1.29 is 39.6 Å². The number of unbranched alkanes of at least 4 members (excludes halogenated alkanes) is 24. The van der Waals surface area contributed by atoms with E-state index < -0.39 is 23.9 Å². The maximum atomic E-state index is 10.7. The van der Waals surface area contributed by atoms with Gasteiger partial charge in [0.2, 0.25) is 0 Å². The standard InChI is InChI=1S/2C22H38O4.2Ca/c2*1-2-3-4-5-6-7-8-9-10-11-12-13-14-15-16-17-18-20(22(25)26)19-21(23)24;;/h2*9-10,19H,2-8,11-18H2,1H3,(H,23,24)(H,25,26);;/q;;2*+2/p-4/b2*10-9-,20-19-;;. The topological polar surface area (TPSA) is 161 Å². The second-order valence-electron chi connectivity index (χ2n) is 13.9. The van der Waals surface area contributed by atoms with Gasteiger partial charge in [-0.3, -0.25) is 0 Å². The van der Waals surface area contributed by atoms with E-state index in [1.54, 1.807) is 0 Å². The second-order valence-corrected chi connectivity index (χ2v) is 13.9. The summed E-state index contributed by atoms with van der Waals surface area (Å²) in [5.41, 5.74) is -0.360. The van der Waals surface area contributed by atoms with Gasteiger partial charge in [0.1, 0.15) is 0 Å². The SMILES string of the molecule is CCCCCCCC/C=C\CCCCCCCC/C(=C/C(=O)[O-])C(=O)[O-].CCCCCCCC/C=C\CCCCCCCC/C(=C/C(=O)[O-])C(=O)[O-].[Ca+2].[Ca+2]. The van der Waals surface area contributed by atoms with Gasteiger partial charge in [-0.05, 0) is 100 Å². The summed E-state index contributed by atoms with van der Waals surface area (Å²) in [6.07, 6.45) is 44.1. The third kappa shape index (κ3) is 49.4. The fraction of sp³-hybridized carbons (Fsp3) is 0.727. The third-order valence-corrected chi connectivity index (χ3v) is 9.02. The molecule has 0 aliphatic rings. The quantitative estimate of drug-likeness (QED) is 0.0286. The average Bonchev–Trinajstić information content (AvgIpc) is 3.10. The Labute approximate surface area is 389 Å². The molecule has 0 atom stereocenters. The Balaban J connectivity index is -0.000000446. The van der Waals surface area contributed by atoms with Crippen LogP contribution < -0.4 is 20.4 Å². The fourth-order valence-corrected chi connectivity index (χ4v) is 5.88. The van der Waals surface area contributed by atoms with E-state index in [1.165, 1.54) is 116 Å². The molecule has 0 aliphatic heterocycles. The van der Waals surface area contributed by atoms with Crippen LogP contribution in [-0.2, 0) is 19.2 Å². The molecule has 0 aromatic carbocycles. The summed E-state index contributed by atoms with van der Waals surface area (Å²) in [7, 11) is 0. The van der Waals surface area contributed by atoms with E-state index >= 15 is 0 Å². The van der Waals surface area contributed by atoms with E-state index in [0.29, 0.717) is 25.0 Å². The maximum Gasteiger partial charge on any atom is 2.00 e. The Bertz CT molecular complexity index is 940. The summed E-state index contributed by atoms with van der Waals surface area (Å²) in [5.74, 6) is -5.79. The van der Waals surface area contributed by atoms with Crippen molar-refractivity contribution in [3.63, 3.8) is 0 Å². The van der Waals surface area contributed by atoms with Gasteiger partial charge in [0, 0.05) is 0 Å². The third-order valence-electron chi connectivity index (χ3n) is 9.02. The van der Waals surface area contributed by atoms with Crippen molar-refractivity contribution in [2.24, 2.45) is 0 Å². The predicted molar refractivity (Wildman–Crippen MR) is 216 cm³/mol. The van der Waals surface area contributed by atoms with Gasteiger partial charge >= 0.3 is 75.5 Å². The minimum absolute atomic E-state index is 0. The number of allylic oxidation sites excluding steroid dienone is 4. The molecule has 0 amide bonds. The van der Waals surface area contributed by atoms with Crippen LogP contribution >= 0.6 is 0 Å². The molecule has 0 bridgehead atoms. The van der Waals surface area contributed by atoms with Crippen LogP contribution in [0.4, 0.5) is 0 Å². The fourth-order valence-electron chi connectivity index (χ4n) is 5.88. The normalized spacial score (nSPS) is 11.5. The molecule has 0 rings (SSSR count). The van der Waals surface area contributed by atoms with Gasteiger partial charge in [-0.15, -0.1) is 0 Å². The zero-order valence-corrected chi connectivity index (χ0v) is 38.8. The predicted octanol–water partition coefficient (Wildman–Crippen LogP) is 6.92. The number of aliphatic carboxylic acids is 4. The molecule has 0 saturated carbocycles. The number of carboxylic acids is 4. The van der Waals surface area contributed by atoms with Gasteiger partial charge in [-0.1, -0.05) is 154 Å². The molecule has 8 nitrogen and oxygen atoms in total. The molecular weight excluding hydrogens is 737 g/mol. The zero-order valence-electron chi connectivity index (χ0n) is 34.4. The molecule has 0 aromatic rings. The molecule has 0 radical (unpaired) electrons. The van der Waals surface area contributed by atoms with E-state index in [2.05, 4.69) is 38.2 Å². The van der Waals surface area contributed by atoms with Crippen molar-refractivity contribution >= 4 is 99.4 Å². The van der Waals surface area contributed by atoms with E-state index in [4.69, 9.17) is 0 Å². The maximum absolute atomic E-state index is 10.7. The number of carboxylic acid groups (broad SMARTS) is 4. The summed E-state index contributed by atoms with van der Waals surface area (Å²) in [5, 5.41) is 42.3. The first-order valence-electron chi connectivity index (χ1n) is 20.7. The molecule has 0 aliphatic carbocycles. The van der Waals surface area contributed by atoms with E-state index in [9.17, 15) is 39.6 Å². The molecular formula is C44H72Ca2O8. The first kappa shape index (κ1) is 60.0. The molecule has 0 unspecified atom stereocenters. The van der Waals surface area contributed by atoms with E-state index in [-0.39, 0.29) is 99.5 Å². The molecule has 0 fully saturated rings. The van der Waals surface area contributed by atoms with E-state index in [1.807, 2.05) is 0 Å². The Morgan fingerprint density at radius 2 is 0.574 bits per heavy atom. The minimum Gasteiger partial charge on any atom is -0.545 e. The van der Waals surface area contributed by atoms with Gasteiger partial charge in [-0.25, -0.2) is 0 Å². The van der Waals surface area contributed by atoms with Crippen LogP contribution in [0.25, 0.3) is 0 Å². The van der Waals surface area contributed by atoms with Crippen LogP contribution in [-0.4, -0.2) is 99.4 Å². The van der Waals surface area contributed by atoms with Crippen LogP contribution in [0, 0.1) is 0 Å². The second kappa shape index (κ2) is 48.5. The largest absolute Gasteiger partial charge is 2.00 e. The summed E-state index contributed by atoms with van der Waals surface area (Å²) in [6.45, 7) is 4.49. The van der Waals surface area contributed by atoms with Gasteiger partial charge < -0.3 is 39.6 Å². The molecule has 54 heavy (non-hydrogen) atoms. The number of rotatable bonds is 36. The average molecular weight is 809 g/mol. The summed E-state index contributed by atoms with van der Waals surface area (Å²) in [6, 6.07) is 0. The van der Waals surface area contributed by atoms with Crippen LogP contribution in [0.15, 0.2) is 47.6 Å². The summed E-state index contributed by atoms with van der Waals surface area (Å²) >= 11 is 0. The minimum atomic E-state index is -1.48. The molecule has 0 aromatic heterocycles. The Morgan fingerprint density at radius 1 is 0.352 bits per heavy atom. The molecule has 300 valence electrons. The smallest absolute Gasteiger partial charge is 0.545 e. The Morgan fingerprint density at radius 3 is 0.796 bits per heavy atom. The van der Waals surface area contributed by atoms with Crippen molar-refractivity contribution in [3.05, 3.63) is 47.6 Å². The Hall–Kier alpha value is -0.641. The van der Waals surface area contributed by atoms with Crippen molar-refractivity contribution in [1.29, 1.82) is 0 Å². The summed E-state index contributed by atoms with van der Waals surface area (Å²) < 4.78 is 0. The van der Waals surface area contributed by atoms with Gasteiger partial charge in [0.05, 0.1) is 23.9 Å². The molecule has 0 N–H and O–H groups in total. The molecule has 0 saturated heterocycles. The van der Waals surface area contributed by atoms with Crippen LogP contribution in [0.3, 0.4) is 0 Å². The zero-order chi connectivity index (χ0) is 38.9. The van der Waals surface area contributed by atoms with Crippen LogP contribution in [0.2, 0.25) is 0 Å². The van der Waals surface area contributed by atoms with Crippen LogP contribution in [0.1, 0.15) is 206 Å². The number of carbonyl (C=O) groups excluding carboxylic acids is 4. The number of hydrogen-bond donors (Lipinski definition) is 0. The summed E-state index contributed by atoms with van der Waals surface area (Å²) in [4.78, 5) is 42.3. The van der Waals surface area contributed by atoms with Gasteiger partial charge in [-0.2, -0.15) is 0 Å². The van der Waals surface area contributed by atoms with Gasteiger partial charge in [0.15, 0.2) is 0 Å². The first-order valence-corrected chi connectivity index (χ1v) is 20.7. The Kier molecular flexibility index (Phi) is 53.9. The number of hydrogen-bond acceptors (Lipinski definition) is 8.